The Labute approximate surface area is 123 Å². The van der Waals surface area contributed by atoms with Gasteiger partial charge in [-0.25, -0.2) is 0 Å². The molecule has 0 fully saturated rings. The summed E-state index contributed by atoms with van der Waals surface area (Å²) in [4.78, 5) is 11.0. The zero-order valence-electron chi connectivity index (χ0n) is 11.4. The Kier molecular flexibility index (Phi) is 3.53. The molecule has 1 aromatic heterocycles. The lowest BCUT2D eigenvalue weighted by molar-refractivity contribution is -0.118. The van der Waals surface area contributed by atoms with Crippen molar-refractivity contribution in [2.24, 2.45) is 0 Å². The molecule has 3 nitrogen and oxygen atoms in total. The summed E-state index contributed by atoms with van der Waals surface area (Å²) in [5, 5.41) is 3.57. The van der Waals surface area contributed by atoms with E-state index in [0.717, 1.165) is 18.0 Å². The monoisotopic (exact) mass is 288 g/mol. The van der Waals surface area contributed by atoms with Gasteiger partial charge in [0.05, 0.1) is 5.69 Å². The molecule has 0 spiro atoms. The fourth-order valence-electron chi connectivity index (χ4n) is 2.88. The van der Waals surface area contributed by atoms with E-state index in [-0.39, 0.29) is 5.91 Å². The Morgan fingerprint density at radius 2 is 2.05 bits per heavy atom. The molecule has 0 saturated carbocycles. The standard InChI is InChI=1S/C16H17ClN2O/c1-11(20)18-8-9-19-15(17)10-13-7-6-12-4-2-3-5-14(12)16(13)19/h2-5,10H,6-9H2,1H3,(H,18,20). The number of carbonyl (C=O) groups excluding carboxylic acids is 1. The van der Waals surface area contributed by atoms with Crippen LogP contribution in [0.15, 0.2) is 30.3 Å². The lowest BCUT2D eigenvalue weighted by Gasteiger charge is -2.20. The van der Waals surface area contributed by atoms with Gasteiger partial charge in [-0.2, -0.15) is 0 Å². The Morgan fingerprint density at radius 3 is 2.85 bits per heavy atom. The number of hydrogen-bond donors (Lipinski definition) is 1. The van der Waals surface area contributed by atoms with Crippen LogP contribution in [0.1, 0.15) is 18.1 Å². The Hall–Kier alpha value is -1.74. The molecular formula is C16H17ClN2O. The molecule has 1 aromatic carbocycles. The summed E-state index contributed by atoms with van der Waals surface area (Å²) in [6.45, 7) is 2.82. The van der Waals surface area contributed by atoms with Crippen molar-refractivity contribution in [3.05, 3.63) is 46.6 Å². The van der Waals surface area contributed by atoms with E-state index in [2.05, 4.69) is 40.2 Å². The van der Waals surface area contributed by atoms with Crippen molar-refractivity contribution in [1.29, 1.82) is 0 Å². The second-order valence-electron chi connectivity index (χ2n) is 5.13. The maximum Gasteiger partial charge on any atom is 0.216 e. The largest absolute Gasteiger partial charge is 0.355 e. The third-order valence-electron chi connectivity index (χ3n) is 3.77. The van der Waals surface area contributed by atoms with Crippen LogP contribution in [0.25, 0.3) is 11.3 Å². The molecule has 3 rings (SSSR count). The van der Waals surface area contributed by atoms with E-state index in [4.69, 9.17) is 11.6 Å². The van der Waals surface area contributed by atoms with Gasteiger partial charge in [-0.05, 0) is 30.0 Å². The van der Waals surface area contributed by atoms with Crippen molar-refractivity contribution in [3.8, 4) is 11.3 Å². The maximum absolute atomic E-state index is 11.0. The molecule has 0 atom stereocenters. The van der Waals surface area contributed by atoms with Crippen molar-refractivity contribution in [1.82, 2.24) is 9.88 Å². The topological polar surface area (TPSA) is 34.0 Å². The molecule has 1 aliphatic rings. The van der Waals surface area contributed by atoms with Crippen LogP contribution in [0.2, 0.25) is 5.15 Å². The van der Waals surface area contributed by atoms with Gasteiger partial charge in [-0.15, -0.1) is 0 Å². The highest BCUT2D eigenvalue weighted by Crippen LogP contribution is 2.37. The van der Waals surface area contributed by atoms with Gasteiger partial charge in [-0.3, -0.25) is 4.79 Å². The van der Waals surface area contributed by atoms with E-state index in [9.17, 15) is 4.79 Å². The molecule has 4 heteroatoms. The van der Waals surface area contributed by atoms with Crippen LogP contribution in [-0.4, -0.2) is 17.0 Å². The normalized spacial score (nSPS) is 12.7. The highest BCUT2D eigenvalue weighted by atomic mass is 35.5. The Morgan fingerprint density at radius 1 is 1.30 bits per heavy atom. The number of benzene rings is 1. The highest BCUT2D eigenvalue weighted by molar-refractivity contribution is 6.30. The number of aryl methyl sites for hydroxylation is 2. The summed E-state index contributed by atoms with van der Waals surface area (Å²) in [6.07, 6.45) is 2.09. The minimum absolute atomic E-state index is 0.0115. The van der Waals surface area contributed by atoms with Crippen LogP contribution in [0.4, 0.5) is 0 Å². The van der Waals surface area contributed by atoms with Crippen LogP contribution in [0.5, 0.6) is 0 Å². The third-order valence-corrected chi connectivity index (χ3v) is 4.08. The fourth-order valence-corrected chi connectivity index (χ4v) is 3.18. The number of rotatable bonds is 3. The highest BCUT2D eigenvalue weighted by Gasteiger charge is 2.21. The minimum atomic E-state index is -0.0115. The first-order chi connectivity index (χ1) is 9.66. The number of carbonyl (C=O) groups is 1. The number of halogens is 1. The first-order valence-electron chi connectivity index (χ1n) is 6.87. The molecule has 1 amide bonds. The third kappa shape index (κ3) is 2.34. The van der Waals surface area contributed by atoms with Crippen molar-refractivity contribution < 1.29 is 4.79 Å². The minimum Gasteiger partial charge on any atom is -0.355 e. The second-order valence-corrected chi connectivity index (χ2v) is 5.52. The number of nitrogens with zero attached hydrogens (tertiary/aromatic N) is 1. The van der Waals surface area contributed by atoms with E-state index in [1.54, 1.807) is 0 Å². The molecule has 0 bridgehead atoms. The van der Waals surface area contributed by atoms with Gasteiger partial charge in [-0.1, -0.05) is 35.9 Å². The molecule has 0 saturated heterocycles. The predicted molar refractivity (Wildman–Crippen MR) is 81.0 cm³/mol. The first-order valence-corrected chi connectivity index (χ1v) is 7.25. The van der Waals surface area contributed by atoms with Gasteiger partial charge < -0.3 is 9.88 Å². The van der Waals surface area contributed by atoms with E-state index in [1.165, 1.54) is 29.3 Å². The molecule has 1 aliphatic carbocycles. The van der Waals surface area contributed by atoms with Gasteiger partial charge in [0, 0.05) is 25.6 Å². The number of fused-ring (bicyclic) bond motifs is 3. The van der Waals surface area contributed by atoms with Gasteiger partial charge >= 0.3 is 0 Å². The Bertz CT molecular complexity index is 660. The average molecular weight is 289 g/mol. The molecule has 0 radical (unpaired) electrons. The summed E-state index contributed by atoms with van der Waals surface area (Å²) in [5.41, 5.74) is 5.15. The molecule has 1 N–H and O–H groups in total. The number of hydrogen-bond acceptors (Lipinski definition) is 1. The smallest absolute Gasteiger partial charge is 0.216 e. The molecular weight excluding hydrogens is 272 g/mol. The molecule has 0 unspecified atom stereocenters. The lowest BCUT2D eigenvalue weighted by Crippen LogP contribution is -2.25. The number of amides is 1. The van der Waals surface area contributed by atoms with Crippen LogP contribution in [-0.2, 0) is 24.2 Å². The molecule has 104 valence electrons. The van der Waals surface area contributed by atoms with Crippen LogP contribution in [0, 0.1) is 0 Å². The van der Waals surface area contributed by atoms with Gasteiger partial charge in [0.25, 0.3) is 0 Å². The Balaban J connectivity index is 1.97. The lowest BCUT2D eigenvalue weighted by atomic mass is 9.90. The zero-order chi connectivity index (χ0) is 14.1. The van der Waals surface area contributed by atoms with E-state index >= 15 is 0 Å². The van der Waals surface area contributed by atoms with Gasteiger partial charge in [0.1, 0.15) is 5.15 Å². The summed E-state index contributed by atoms with van der Waals surface area (Å²) in [7, 11) is 0. The maximum atomic E-state index is 11.0. The zero-order valence-corrected chi connectivity index (χ0v) is 12.2. The summed E-state index contributed by atoms with van der Waals surface area (Å²) in [5.74, 6) is -0.0115. The summed E-state index contributed by atoms with van der Waals surface area (Å²) in [6, 6.07) is 10.5. The van der Waals surface area contributed by atoms with E-state index in [0.29, 0.717) is 13.1 Å². The van der Waals surface area contributed by atoms with Crippen LogP contribution in [0.3, 0.4) is 0 Å². The second kappa shape index (κ2) is 5.33. The van der Waals surface area contributed by atoms with E-state index in [1.807, 2.05) is 0 Å². The molecule has 1 heterocycles. The number of aromatic nitrogens is 1. The van der Waals surface area contributed by atoms with Crippen LogP contribution < -0.4 is 5.32 Å². The SMILES string of the molecule is CC(=O)NCCn1c(Cl)cc2c1-c1ccccc1CC2. The van der Waals surface area contributed by atoms with Crippen molar-refractivity contribution in [2.45, 2.75) is 26.3 Å². The van der Waals surface area contributed by atoms with Crippen LogP contribution >= 0.6 is 11.6 Å². The van der Waals surface area contributed by atoms with Gasteiger partial charge in [0.15, 0.2) is 0 Å². The van der Waals surface area contributed by atoms with Crippen molar-refractivity contribution >= 4 is 17.5 Å². The average Bonchev–Trinajstić information content (AvgIpc) is 2.75. The molecule has 20 heavy (non-hydrogen) atoms. The predicted octanol–water partition coefficient (Wildman–Crippen LogP) is 3.04. The summed E-state index contributed by atoms with van der Waals surface area (Å²) < 4.78 is 2.10. The number of nitrogens with one attached hydrogen (secondary N) is 1. The van der Waals surface area contributed by atoms with Gasteiger partial charge in [0.2, 0.25) is 5.91 Å². The van der Waals surface area contributed by atoms with E-state index < -0.39 is 0 Å². The van der Waals surface area contributed by atoms with Crippen molar-refractivity contribution in [3.63, 3.8) is 0 Å². The molecule has 2 aromatic rings. The quantitative estimate of drug-likeness (QED) is 0.925. The molecule has 0 aliphatic heterocycles. The fraction of sp³-hybridized carbons (Fsp3) is 0.312. The summed E-state index contributed by atoms with van der Waals surface area (Å²) >= 11 is 6.37. The first kappa shape index (κ1) is 13.3. The van der Waals surface area contributed by atoms with Crippen molar-refractivity contribution in [2.75, 3.05) is 6.54 Å².